The summed E-state index contributed by atoms with van der Waals surface area (Å²) in [6.45, 7) is 2.01. The molecule has 0 N–H and O–H groups in total. The standard InChI is InChI=1S/C17H11Cl2NO/c1-10-4-2-3-5-12(10)16-9-14(17(19)21)13-8-11(18)6-7-15(13)20-16/h2-9H,1H3. The van der Waals surface area contributed by atoms with Crippen LogP contribution in [0.5, 0.6) is 0 Å². The SMILES string of the molecule is Cc1ccccc1-c1cc(C(=O)Cl)c2cc(Cl)ccc2n1. The van der Waals surface area contributed by atoms with Crippen molar-refractivity contribution in [2.24, 2.45) is 0 Å². The molecule has 0 radical (unpaired) electrons. The highest BCUT2D eigenvalue weighted by molar-refractivity contribution is 6.68. The average Bonchev–Trinajstić information content (AvgIpc) is 2.46. The van der Waals surface area contributed by atoms with Crippen LogP contribution in [0, 0.1) is 6.92 Å². The van der Waals surface area contributed by atoms with Gasteiger partial charge in [0.15, 0.2) is 0 Å². The summed E-state index contributed by atoms with van der Waals surface area (Å²) >= 11 is 11.7. The molecule has 0 bridgehead atoms. The van der Waals surface area contributed by atoms with Gasteiger partial charge in [0.25, 0.3) is 5.24 Å². The van der Waals surface area contributed by atoms with Crippen LogP contribution in [-0.4, -0.2) is 10.2 Å². The molecule has 0 amide bonds. The van der Waals surface area contributed by atoms with E-state index >= 15 is 0 Å². The Morgan fingerprint density at radius 2 is 1.86 bits per heavy atom. The van der Waals surface area contributed by atoms with E-state index in [9.17, 15) is 4.79 Å². The zero-order chi connectivity index (χ0) is 15.0. The zero-order valence-corrected chi connectivity index (χ0v) is 12.7. The van der Waals surface area contributed by atoms with Crippen molar-refractivity contribution in [3.63, 3.8) is 0 Å². The Balaban J connectivity index is 2.34. The number of fused-ring (bicyclic) bond motifs is 1. The summed E-state index contributed by atoms with van der Waals surface area (Å²) in [5, 5.41) is 0.700. The molecule has 21 heavy (non-hydrogen) atoms. The van der Waals surface area contributed by atoms with Crippen molar-refractivity contribution < 1.29 is 4.79 Å². The zero-order valence-electron chi connectivity index (χ0n) is 11.2. The third kappa shape index (κ3) is 2.65. The van der Waals surface area contributed by atoms with Gasteiger partial charge in [0.05, 0.1) is 11.2 Å². The van der Waals surface area contributed by atoms with E-state index in [1.807, 2.05) is 31.2 Å². The van der Waals surface area contributed by atoms with Gasteiger partial charge in [-0.25, -0.2) is 4.98 Å². The van der Waals surface area contributed by atoms with Crippen molar-refractivity contribution in [1.29, 1.82) is 0 Å². The predicted octanol–water partition coefficient (Wildman–Crippen LogP) is 5.24. The number of halogens is 2. The minimum atomic E-state index is -0.514. The van der Waals surface area contributed by atoms with Crippen LogP contribution in [0.15, 0.2) is 48.5 Å². The number of carbonyl (C=O) groups excluding carboxylic acids is 1. The van der Waals surface area contributed by atoms with Crippen LogP contribution in [0.4, 0.5) is 0 Å². The largest absolute Gasteiger partial charge is 0.276 e. The first kappa shape index (κ1) is 14.1. The van der Waals surface area contributed by atoms with Gasteiger partial charge < -0.3 is 0 Å². The van der Waals surface area contributed by atoms with E-state index in [4.69, 9.17) is 23.2 Å². The molecule has 4 heteroatoms. The number of aromatic nitrogens is 1. The molecule has 0 atom stereocenters. The monoisotopic (exact) mass is 315 g/mol. The molecular formula is C17H11Cl2NO. The number of hydrogen-bond donors (Lipinski definition) is 0. The Bertz CT molecular complexity index is 859. The molecule has 2 nitrogen and oxygen atoms in total. The Morgan fingerprint density at radius 3 is 2.57 bits per heavy atom. The molecule has 0 spiro atoms. The number of nitrogens with zero attached hydrogens (tertiary/aromatic N) is 1. The highest BCUT2D eigenvalue weighted by Gasteiger charge is 2.13. The minimum Gasteiger partial charge on any atom is -0.276 e. The molecule has 0 unspecified atom stereocenters. The molecule has 1 heterocycles. The fourth-order valence-electron chi connectivity index (χ4n) is 2.36. The maximum atomic E-state index is 11.7. The maximum Gasteiger partial charge on any atom is 0.253 e. The number of aryl methyl sites for hydroxylation is 1. The number of rotatable bonds is 2. The molecule has 104 valence electrons. The van der Waals surface area contributed by atoms with Crippen LogP contribution >= 0.6 is 23.2 Å². The molecule has 3 rings (SSSR count). The lowest BCUT2D eigenvalue weighted by molar-refractivity contribution is 0.108. The van der Waals surface area contributed by atoms with Crippen LogP contribution in [0.1, 0.15) is 15.9 Å². The Labute approximate surface area is 132 Å². The summed E-state index contributed by atoms with van der Waals surface area (Å²) in [6.07, 6.45) is 0. The summed E-state index contributed by atoms with van der Waals surface area (Å²) < 4.78 is 0. The van der Waals surface area contributed by atoms with E-state index < -0.39 is 5.24 Å². The van der Waals surface area contributed by atoms with Gasteiger partial charge >= 0.3 is 0 Å². The molecule has 0 aliphatic carbocycles. The van der Waals surface area contributed by atoms with Crippen LogP contribution in [0.2, 0.25) is 5.02 Å². The molecule has 1 aromatic heterocycles. The van der Waals surface area contributed by atoms with Gasteiger partial charge in [-0.15, -0.1) is 0 Å². The highest BCUT2D eigenvalue weighted by atomic mass is 35.5. The van der Waals surface area contributed by atoms with Gasteiger partial charge in [-0.1, -0.05) is 35.9 Å². The summed E-state index contributed by atoms with van der Waals surface area (Å²) in [7, 11) is 0. The smallest absolute Gasteiger partial charge is 0.253 e. The summed E-state index contributed by atoms with van der Waals surface area (Å²) in [6, 6.07) is 14.9. The van der Waals surface area contributed by atoms with Crippen molar-refractivity contribution in [2.45, 2.75) is 6.92 Å². The lowest BCUT2D eigenvalue weighted by atomic mass is 10.0. The second kappa shape index (κ2) is 5.47. The van der Waals surface area contributed by atoms with E-state index in [1.165, 1.54) is 0 Å². The normalized spacial score (nSPS) is 10.8. The number of carbonyl (C=O) groups is 1. The summed E-state index contributed by atoms with van der Waals surface area (Å²) in [4.78, 5) is 16.4. The third-order valence-corrected chi connectivity index (χ3v) is 3.84. The van der Waals surface area contributed by atoms with Crippen molar-refractivity contribution >= 4 is 39.3 Å². The van der Waals surface area contributed by atoms with Crippen LogP contribution < -0.4 is 0 Å². The van der Waals surface area contributed by atoms with Gasteiger partial charge in [0.1, 0.15) is 0 Å². The molecular weight excluding hydrogens is 305 g/mol. The molecule has 2 aromatic carbocycles. The fraction of sp³-hybridized carbons (Fsp3) is 0.0588. The predicted molar refractivity (Wildman–Crippen MR) is 87.1 cm³/mol. The quantitative estimate of drug-likeness (QED) is 0.605. The molecule has 0 aliphatic rings. The lowest BCUT2D eigenvalue weighted by Crippen LogP contribution is -1.96. The van der Waals surface area contributed by atoms with Crippen molar-refractivity contribution in [2.75, 3.05) is 0 Å². The Morgan fingerprint density at radius 1 is 1.10 bits per heavy atom. The number of pyridine rings is 1. The Kier molecular flexibility index (Phi) is 3.66. The van der Waals surface area contributed by atoms with E-state index in [0.717, 1.165) is 16.8 Å². The van der Waals surface area contributed by atoms with Gasteiger partial charge in [0.2, 0.25) is 0 Å². The van der Waals surface area contributed by atoms with E-state index in [-0.39, 0.29) is 0 Å². The topological polar surface area (TPSA) is 30.0 Å². The fourth-order valence-corrected chi connectivity index (χ4v) is 2.69. The van der Waals surface area contributed by atoms with Gasteiger partial charge in [-0.05, 0) is 48.4 Å². The summed E-state index contributed by atoms with van der Waals surface area (Å²) in [5.41, 5.74) is 3.92. The molecule has 0 saturated carbocycles. The van der Waals surface area contributed by atoms with Crippen molar-refractivity contribution in [1.82, 2.24) is 4.98 Å². The van der Waals surface area contributed by atoms with E-state index in [2.05, 4.69) is 4.98 Å². The van der Waals surface area contributed by atoms with Crippen molar-refractivity contribution in [3.05, 3.63) is 64.7 Å². The van der Waals surface area contributed by atoms with Gasteiger partial charge in [-0.3, -0.25) is 4.79 Å². The minimum absolute atomic E-state index is 0.419. The second-order valence-corrected chi connectivity index (χ2v) is 5.58. The van der Waals surface area contributed by atoms with Crippen LogP contribution in [0.25, 0.3) is 22.2 Å². The first-order chi connectivity index (χ1) is 10.1. The second-order valence-electron chi connectivity index (χ2n) is 4.81. The first-order valence-electron chi connectivity index (χ1n) is 6.42. The highest BCUT2D eigenvalue weighted by Crippen LogP contribution is 2.29. The molecule has 0 fully saturated rings. The van der Waals surface area contributed by atoms with E-state index in [1.54, 1.807) is 24.3 Å². The Hall–Kier alpha value is -1.90. The van der Waals surface area contributed by atoms with Gasteiger partial charge in [0, 0.05) is 21.5 Å². The lowest BCUT2D eigenvalue weighted by Gasteiger charge is -2.09. The van der Waals surface area contributed by atoms with Crippen molar-refractivity contribution in [3.8, 4) is 11.3 Å². The van der Waals surface area contributed by atoms with Gasteiger partial charge in [-0.2, -0.15) is 0 Å². The number of benzene rings is 2. The first-order valence-corrected chi connectivity index (χ1v) is 7.18. The third-order valence-electron chi connectivity index (χ3n) is 3.40. The van der Waals surface area contributed by atoms with Crippen LogP contribution in [-0.2, 0) is 0 Å². The molecule has 0 aliphatic heterocycles. The van der Waals surface area contributed by atoms with E-state index in [0.29, 0.717) is 21.5 Å². The average molecular weight is 316 g/mol. The maximum absolute atomic E-state index is 11.7. The molecule has 3 aromatic rings. The molecule has 0 saturated heterocycles. The van der Waals surface area contributed by atoms with Crippen LogP contribution in [0.3, 0.4) is 0 Å². The number of hydrogen-bond acceptors (Lipinski definition) is 2. The summed E-state index contributed by atoms with van der Waals surface area (Å²) in [5.74, 6) is 0.